The summed E-state index contributed by atoms with van der Waals surface area (Å²) in [4.78, 5) is 23.3. The molecule has 6 heteroatoms. The molecule has 0 saturated carbocycles. The normalized spacial score (nSPS) is 9.89. The molecular formula is C12H17N3O2S. The highest BCUT2D eigenvalue weighted by atomic mass is 32.2. The van der Waals surface area contributed by atoms with Crippen molar-refractivity contribution in [1.82, 2.24) is 10.6 Å². The van der Waals surface area contributed by atoms with Gasteiger partial charge in [-0.1, -0.05) is 6.07 Å². The van der Waals surface area contributed by atoms with Crippen molar-refractivity contribution < 1.29 is 9.59 Å². The number of imide groups is 1. The molecule has 0 unspecified atom stereocenters. The van der Waals surface area contributed by atoms with Crippen LogP contribution in [-0.4, -0.2) is 24.7 Å². The van der Waals surface area contributed by atoms with E-state index in [1.165, 1.54) is 7.05 Å². The molecule has 0 aliphatic heterocycles. The second-order valence-corrected chi connectivity index (χ2v) is 4.89. The minimum absolute atomic E-state index is 0.284. The zero-order valence-corrected chi connectivity index (χ0v) is 11.3. The van der Waals surface area contributed by atoms with Crippen molar-refractivity contribution in [1.29, 1.82) is 0 Å². The highest BCUT2D eigenvalue weighted by molar-refractivity contribution is 7.99. The summed E-state index contributed by atoms with van der Waals surface area (Å²) in [6, 6.07) is 5.20. The molecule has 0 aromatic heterocycles. The Morgan fingerprint density at radius 3 is 2.78 bits per heavy atom. The summed E-state index contributed by atoms with van der Waals surface area (Å²) < 4.78 is 0. The van der Waals surface area contributed by atoms with E-state index in [4.69, 9.17) is 5.73 Å². The Balaban J connectivity index is 2.39. The number of aryl methyl sites for hydroxylation is 1. The monoisotopic (exact) mass is 267 g/mol. The molecule has 0 atom stereocenters. The standard InChI is InChI=1S/C12H17N3O2S/c1-8-3-4-9(13)7-10(8)18-6-5-11(16)15-12(17)14-2/h3-4,7H,5-6,13H2,1-2H3,(H2,14,15,16,17). The molecule has 18 heavy (non-hydrogen) atoms. The van der Waals surface area contributed by atoms with E-state index < -0.39 is 6.03 Å². The van der Waals surface area contributed by atoms with Gasteiger partial charge in [0.25, 0.3) is 0 Å². The Hall–Kier alpha value is -1.69. The maximum Gasteiger partial charge on any atom is 0.321 e. The van der Waals surface area contributed by atoms with Crippen molar-refractivity contribution in [3.05, 3.63) is 23.8 Å². The number of nitrogens with one attached hydrogen (secondary N) is 2. The summed E-state index contributed by atoms with van der Waals surface area (Å²) in [6.45, 7) is 1.99. The molecule has 0 saturated heterocycles. The third-order valence-corrected chi connectivity index (χ3v) is 3.44. The number of hydrogen-bond donors (Lipinski definition) is 3. The van der Waals surface area contributed by atoms with Gasteiger partial charge in [-0.2, -0.15) is 0 Å². The molecule has 5 nitrogen and oxygen atoms in total. The van der Waals surface area contributed by atoms with Gasteiger partial charge in [0.2, 0.25) is 5.91 Å². The van der Waals surface area contributed by atoms with E-state index in [2.05, 4.69) is 10.6 Å². The van der Waals surface area contributed by atoms with Crippen molar-refractivity contribution in [3.8, 4) is 0 Å². The molecule has 0 heterocycles. The zero-order chi connectivity index (χ0) is 13.5. The van der Waals surface area contributed by atoms with Crippen LogP contribution in [-0.2, 0) is 4.79 Å². The molecule has 0 bridgehead atoms. The number of thioether (sulfide) groups is 1. The minimum atomic E-state index is -0.481. The molecule has 1 aromatic carbocycles. The van der Waals surface area contributed by atoms with E-state index in [-0.39, 0.29) is 12.3 Å². The van der Waals surface area contributed by atoms with Gasteiger partial charge in [-0.05, 0) is 24.6 Å². The number of carbonyl (C=O) groups excluding carboxylic acids is 2. The molecule has 4 N–H and O–H groups in total. The minimum Gasteiger partial charge on any atom is -0.399 e. The predicted molar refractivity (Wildman–Crippen MR) is 73.5 cm³/mol. The van der Waals surface area contributed by atoms with Crippen molar-refractivity contribution >= 4 is 29.4 Å². The van der Waals surface area contributed by atoms with Crippen LogP contribution in [0.5, 0.6) is 0 Å². The van der Waals surface area contributed by atoms with Gasteiger partial charge in [0.1, 0.15) is 0 Å². The van der Waals surface area contributed by atoms with Gasteiger partial charge in [-0.25, -0.2) is 4.79 Å². The van der Waals surface area contributed by atoms with Crippen LogP contribution in [0.25, 0.3) is 0 Å². The summed E-state index contributed by atoms with van der Waals surface area (Å²) in [7, 11) is 1.47. The molecule has 98 valence electrons. The first-order chi connectivity index (χ1) is 8.52. The average Bonchev–Trinajstić information content (AvgIpc) is 2.33. The number of nitrogen functional groups attached to an aromatic ring is 1. The molecule has 0 fully saturated rings. The number of benzene rings is 1. The van der Waals surface area contributed by atoms with E-state index in [9.17, 15) is 9.59 Å². The highest BCUT2D eigenvalue weighted by Gasteiger charge is 2.06. The first-order valence-electron chi connectivity index (χ1n) is 5.53. The van der Waals surface area contributed by atoms with E-state index in [1.54, 1.807) is 11.8 Å². The van der Waals surface area contributed by atoms with Gasteiger partial charge in [-0.3, -0.25) is 10.1 Å². The number of amides is 3. The lowest BCUT2D eigenvalue weighted by Crippen LogP contribution is -2.37. The van der Waals surface area contributed by atoms with Crippen LogP contribution < -0.4 is 16.4 Å². The van der Waals surface area contributed by atoms with Gasteiger partial charge in [0, 0.05) is 29.8 Å². The van der Waals surface area contributed by atoms with Crippen molar-refractivity contribution in [3.63, 3.8) is 0 Å². The fourth-order valence-corrected chi connectivity index (χ4v) is 2.30. The molecule has 1 aromatic rings. The summed E-state index contributed by atoms with van der Waals surface area (Å²) in [5, 5.41) is 4.54. The van der Waals surface area contributed by atoms with Gasteiger partial charge >= 0.3 is 6.03 Å². The van der Waals surface area contributed by atoms with E-state index >= 15 is 0 Å². The van der Waals surface area contributed by atoms with Crippen LogP contribution in [0.4, 0.5) is 10.5 Å². The summed E-state index contributed by atoms with van der Waals surface area (Å²) in [5.41, 5.74) is 7.53. The van der Waals surface area contributed by atoms with E-state index in [1.807, 2.05) is 25.1 Å². The summed E-state index contributed by atoms with van der Waals surface area (Å²) in [5.74, 6) is 0.316. The SMILES string of the molecule is CNC(=O)NC(=O)CCSc1cc(N)ccc1C. The number of nitrogens with two attached hydrogens (primary N) is 1. The smallest absolute Gasteiger partial charge is 0.321 e. The number of urea groups is 1. The van der Waals surface area contributed by atoms with E-state index in [0.717, 1.165) is 10.5 Å². The fraction of sp³-hybridized carbons (Fsp3) is 0.333. The van der Waals surface area contributed by atoms with Gasteiger partial charge < -0.3 is 11.1 Å². The van der Waals surface area contributed by atoms with Gasteiger partial charge in [0.05, 0.1) is 0 Å². The van der Waals surface area contributed by atoms with Gasteiger partial charge in [-0.15, -0.1) is 11.8 Å². The molecule has 0 aliphatic carbocycles. The second kappa shape index (κ2) is 6.90. The van der Waals surface area contributed by atoms with Crippen LogP contribution in [0, 0.1) is 6.92 Å². The highest BCUT2D eigenvalue weighted by Crippen LogP contribution is 2.24. The molecule has 3 amide bonds. The lowest BCUT2D eigenvalue weighted by atomic mass is 10.2. The van der Waals surface area contributed by atoms with Crippen molar-refractivity contribution in [2.45, 2.75) is 18.2 Å². The number of hydrogen-bond acceptors (Lipinski definition) is 4. The first-order valence-corrected chi connectivity index (χ1v) is 6.52. The maximum atomic E-state index is 11.3. The Morgan fingerprint density at radius 2 is 2.11 bits per heavy atom. The number of anilines is 1. The van der Waals surface area contributed by atoms with Crippen LogP contribution in [0.15, 0.2) is 23.1 Å². The lowest BCUT2D eigenvalue weighted by molar-refractivity contribution is -0.119. The quantitative estimate of drug-likeness (QED) is 0.570. The van der Waals surface area contributed by atoms with Crippen LogP contribution >= 0.6 is 11.8 Å². The predicted octanol–water partition coefficient (Wildman–Crippen LogP) is 1.52. The zero-order valence-electron chi connectivity index (χ0n) is 10.4. The Morgan fingerprint density at radius 1 is 1.39 bits per heavy atom. The number of carbonyl (C=O) groups is 2. The lowest BCUT2D eigenvalue weighted by Gasteiger charge is -2.06. The third kappa shape index (κ3) is 4.67. The van der Waals surface area contributed by atoms with Crippen LogP contribution in [0.2, 0.25) is 0 Å². The number of rotatable bonds is 4. The van der Waals surface area contributed by atoms with E-state index in [0.29, 0.717) is 11.4 Å². The van der Waals surface area contributed by atoms with Crippen LogP contribution in [0.3, 0.4) is 0 Å². The molecule has 0 aliphatic rings. The third-order valence-electron chi connectivity index (χ3n) is 2.28. The van der Waals surface area contributed by atoms with Crippen LogP contribution in [0.1, 0.15) is 12.0 Å². The maximum absolute atomic E-state index is 11.3. The largest absolute Gasteiger partial charge is 0.399 e. The first kappa shape index (κ1) is 14.4. The topological polar surface area (TPSA) is 84.2 Å². The summed E-state index contributed by atoms with van der Waals surface area (Å²) >= 11 is 1.55. The fourth-order valence-electron chi connectivity index (χ4n) is 1.28. The summed E-state index contributed by atoms with van der Waals surface area (Å²) in [6.07, 6.45) is 0.284. The molecule has 0 radical (unpaired) electrons. The van der Waals surface area contributed by atoms with Crippen molar-refractivity contribution in [2.24, 2.45) is 0 Å². The van der Waals surface area contributed by atoms with Crippen molar-refractivity contribution in [2.75, 3.05) is 18.5 Å². The Bertz CT molecular complexity index is 449. The Labute approximate surface area is 111 Å². The molecule has 1 rings (SSSR count). The second-order valence-electron chi connectivity index (χ2n) is 3.75. The molecular weight excluding hydrogens is 250 g/mol. The Kier molecular flexibility index (Phi) is 5.51. The average molecular weight is 267 g/mol. The molecule has 0 spiro atoms. The van der Waals surface area contributed by atoms with Gasteiger partial charge in [0.15, 0.2) is 0 Å².